The Morgan fingerprint density at radius 3 is 2.52 bits per heavy atom. The second-order valence-corrected chi connectivity index (χ2v) is 8.29. The molecule has 4 heteroatoms. The van der Waals surface area contributed by atoms with Crippen LogP contribution in [0.15, 0.2) is 11.4 Å². The lowest BCUT2D eigenvalue weighted by Crippen LogP contribution is -2.39. The average Bonchev–Trinajstić information content (AvgIpc) is 3.11. The summed E-state index contributed by atoms with van der Waals surface area (Å²) in [6.45, 7) is 0.291. The summed E-state index contributed by atoms with van der Waals surface area (Å²) in [4.78, 5) is 16.1. The molecule has 2 aliphatic carbocycles. The molecule has 1 aromatic heterocycles. The highest BCUT2D eigenvalue weighted by molar-refractivity contribution is 7.10. The highest BCUT2D eigenvalue weighted by Crippen LogP contribution is 2.36. The zero-order valence-electron chi connectivity index (χ0n) is 14.2. The lowest BCUT2D eigenvalue weighted by atomic mass is 9.86. The molecule has 0 saturated heterocycles. The van der Waals surface area contributed by atoms with E-state index in [1.807, 2.05) is 11.9 Å². The van der Waals surface area contributed by atoms with Crippen LogP contribution in [-0.4, -0.2) is 35.6 Å². The van der Waals surface area contributed by atoms with Crippen molar-refractivity contribution in [2.45, 2.75) is 69.7 Å². The van der Waals surface area contributed by atoms with E-state index in [-0.39, 0.29) is 5.91 Å². The third-order valence-electron chi connectivity index (χ3n) is 5.82. The Labute approximate surface area is 143 Å². The first kappa shape index (κ1) is 17.0. The second kappa shape index (κ2) is 7.80. The summed E-state index contributed by atoms with van der Waals surface area (Å²) < 4.78 is 0. The molecule has 3 nitrogen and oxygen atoms in total. The molecule has 23 heavy (non-hydrogen) atoms. The van der Waals surface area contributed by atoms with Crippen molar-refractivity contribution in [1.29, 1.82) is 0 Å². The van der Waals surface area contributed by atoms with Gasteiger partial charge >= 0.3 is 0 Å². The van der Waals surface area contributed by atoms with E-state index in [1.165, 1.54) is 37.0 Å². The molecule has 128 valence electrons. The van der Waals surface area contributed by atoms with E-state index >= 15 is 0 Å². The van der Waals surface area contributed by atoms with Crippen molar-refractivity contribution in [3.63, 3.8) is 0 Å². The fourth-order valence-electron chi connectivity index (χ4n) is 4.15. The van der Waals surface area contributed by atoms with E-state index in [9.17, 15) is 9.90 Å². The third-order valence-corrected chi connectivity index (χ3v) is 6.91. The van der Waals surface area contributed by atoms with Crippen molar-refractivity contribution in [1.82, 2.24) is 4.90 Å². The van der Waals surface area contributed by atoms with Crippen LogP contribution in [-0.2, 0) is 0 Å². The van der Waals surface area contributed by atoms with Crippen LogP contribution in [0.1, 0.15) is 78.9 Å². The Hall–Kier alpha value is -0.870. The summed E-state index contributed by atoms with van der Waals surface area (Å²) in [6.07, 6.45) is 10.7. The standard InChI is InChI=1S/C19H29NO2S/c1-20(17-9-7-14(12-21)8-10-17)19(22)16-11-18(23-13-16)15-5-3-2-4-6-15/h11,13-15,17,21H,2-10,12H2,1H3. The summed E-state index contributed by atoms with van der Waals surface area (Å²) in [5.74, 6) is 1.30. The van der Waals surface area contributed by atoms with Gasteiger partial charge in [0.2, 0.25) is 0 Å². The molecule has 2 aliphatic rings. The van der Waals surface area contributed by atoms with Crippen molar-refractivity contribution in [2.24, 2.45) is 5.92 Å². The fraction of sp³-hybridized carbons (Fsp3) is 0.737. The number of carbonyl (C=O) groups is 1. The molecule has 0 aromatic carbocycles. The first-order valence-electron chi connectivity index (χ1n) is 9.15. The molecular weight excluding hydrogens is 306 g/mol. The zero-order chi connectivity index (χ0) is 16.2. The smallest absolute Gasteiger partial charge is 0.254 e. The summed E-state index contributed by atoms with van der Waals surface area (Å²) >= 11 is 1.77. The maximum Gasteiger partial charge on any atom is 0.254 e. The van der Waals surface area contributed by atoms with Crippen LogP contribution in [0.5, 0.6) is 0 Å². The van der Waals surface area contributed by atoms with E-state index in [1.54, 1.807) is 11.3 Å². The average molecular weight is 336 g/mol. The highest BCUT2D eigenvalue weighted by atomic mass is 32.1. The van der Waals surface area contributed by atoms with Crippen LogP contribution < -0.4 is 0 Å². The molecule has 1 N–H and O–H groups in total. The largest absolute Gasteiger partial charge is 0.396 e. The topological polar surface area (TPSA) is 40.5 Å². The molecule has 0 spiro atoms. The molecule has 0 atom stereocenters. The molecule has 3 rings (SSSR count). The number of amides is 1. The Bertz CT molecular complexity index is 513. The fourth-order valence-corrected chi connectivity index (χ4v) is 5.21. The molecule has 0 radical (unpaired) electrons. The number of thiophene rings is 1. The van der Waals surface area contributed by atoms with Gasteiger partial charge in [-0.3, -0.25) is 4.79 Å². The number of aliphatic hydroxyl groups excluding tert-OH is 1. The van der Waals surface area contributed by atoms with Crippen LogP contribution in [0.3, 0.4) is 0 Å². The van der Waals surface area contributed by atoms with Gasteiger partial charge in [0.1, 0.15) is 0 Å². The van der Waals surface area contributed by atoms with Crippen LogP contribution in [0, 0.1) is 5.92 Å². The molecule has 0 bridgehead atoms. The molecule has 2 saturated carbocycles. The number of hydrogen-bond acceptors (Lipinski definition) is 3. The predicted molar refractivity (Wildman–Crippen MR) is 95.1 cm³/mol. The molecule has 2 fully saturated rings. The van der Waals surface area contributed by atoms with Gasteiger partial charge in [-0.15, -0.1) is 11.3 Å². The van der Waals surface area contributed by atoms with Crippen LogP contribution in [0.25, 0.3) is 0 Å². The SMILES string of the molecule is CN(C(=O)c1csc(C2CCCCC2)c1)C1CCC(CO)CC1. The normalized spacial score (nSPS) is 26.2. The van der Waals surface area contributed by atoms with E-state index < -0.39 is 0 Å². The third kappa shape index (κ3) is 3.97. The maximum absolute atomic E-state index is 12.8. The highest BCUT2D eigenvalue weighted by Gasteiger charge is 2.27. The minimum atomic E-state index is 0.177. The molecule has 0 aliphatic heterocycles. The van der Waals surface area contributed by atoms with Crippen molar-refractivity contribution in [2.75, 3.05) is 13.7 Å². The molecule has 1 heterocycles. The Balaban J connectivity index is 1.60. The van der Waals surface area contributed by atoms with E-state index in [0.29, 0.717) is 24.5 Å². The quantitative estimate of drug-likeness (QED) is 0.885. The van der Waals surface area contributed by atoms with E-state index in [2.05, 4.69) is 11.4 Å². The van der Waals surface area contributed by atoms with E-state index in [4.69, 9.17) is 0 Å². The number of aliphatic hydroxyl groups is 1. The summed E-state index contributed by atoms with van der Waals surface area (Å²) in [5.41, 5.74) is 0.877. The number of nitrogens with zero attached hydrogens (tertiary/aromatic N) is 1. The van der Waals surface area contributed by atoms with Gasteiger partial charge < -0.3 is 10.0 Å². The Morgan fingerprint density at radius 2 is 1.87 bits per heavy atom. The van der Waals surface area contributed by atoms with Gasteiger partial charge in [-0.2, -0.15) is 0 Å². The summed E-state index contributed by atoms with van der Waals surface area (Å²) in [6, 6.07) is 2.49. The van der Waals surface area contributed by atoms with Gasteiger partial charge in [0.05, 0.1) is 5.56 Å². The van der Waals surface area contributed by atoms with Gasteiger partial charge in [0.15, 0.2) is 0 Å². The van der Waals surface area contributed by atoms with Gasteiger partial charge in [0, 0.05) is 30.0 Å². The molecule has 1 amide bonds. The lowest BCUT2D eigenvalue weighted by molar-refractivity contribution is 0.0653. The number of hydrogen-bond donors (Lipinski definition) is 1. The molecule has 1 aromatic rings. The van der Waals surface area contributed by atoms with E-state index in [0.717, 1.165) is 31.2 Å². The maximum atomic E-state index is 12.8. The number of carbonyl (C=O) groups excluding carboxylic acids is 1. The zero-order valence-corrected chi connectivity index (χ0v) is 15.0. The van der Waals surface area contributed by atoms with Gasteiger partial charge in [-0.05, 0) is 56.4 Å². The summed E-state index contributed by atoms with van der Waals surface area (Å²) in [7, 11) is 1.95. The minimum Gasteiger partial charge on any atom is -0.396 e. The number of rotatable bonds is 4. The van der Waals surface area contributed by atoms with Crippen LogP contribution >= 0.6 is 11.3 Å². The molecular formula is C19H29NO2S. The lowest BCUT2D eigenvalue weighted by Gasteiger charge is -2.34. The monoisotopic (exact) mass is 335 g/mol. The predicted octanol–water partition coefficient (Wildman–Crippen LogP) is 4.42. The Morgan fingerprint density at radius 1 is 1.17 bits per heavy atom. The van der Waals surface area contributed by atoms with Gasteiger partial charge in [0.25, 0.3) is 5.91 Å². The summed E-state index contributed by atoms with van der Waals surface area (Å²) in [5, 5.41) is 11.3. The van der Waals surface area contributed by atoms with Crippen molar-refractivity contribution >= 4 is 17.2 Å². The Kier molecular flexibility index (Phi) is 5.76. The van der Waals surface area contributed by atoms with Crippen molar-refractivity contribution in [3.05, 3.63) is 21.9 Å². The van der Waals surface area contributed by atoms with Crippen molar-refractivity contribution < 1.29 is 9.90 Å². The van der Waals surface area contributed by atoms with Crippen LogP contribution in [0.4, 0.5) is 0 Å². The van der Waals surface area contributed by atoms with Crippen molar-refractivity contribution in [3.8, 4) is 0 Å². The first-order valence-corrected chi connectivity index (χ1v) is 10.0. The van der Waals surface area contributed by atoms with Crippen LogP contribution in [0.2, 0.25) is 0 Å². The second-order valence-electron chi connectivity index (χ2n) is 7.35. The van der Waals surface area contributed by atoms with Gasteiger partial charge in [-0.25, -0.2) is 0 Å². The first-order chi connectivity index (χ1) is 11.2. The van der Waals surface area contributed by atoms with Gasteiger partial charge in [-0.1, -0.05) is 19.3 Å². The minimum absolute atomic E-state index is 0.177. The molecule has 0 unspecified atom stereocenters.